The molecule has 2 aromatic rings. The van der Waals surface area contributed by atoms with E-state index >= 15 is 0 Å². The molecule has 0 bridgehead atoms. The molecule has 0 spiro atoms. The highest BCUT2D eigenvalue weighted by atomic mass is 16.5. The number of morpholine rings is 2. The molecule has 3 aliphatic rings. The van der Waals surface area contributed by atoms with Crippen molar-refractivity contribution in [2.75, 3.05) is 83.2 Å². The number of hydrogen-bond acceptors (Lipinski definition) is 10. The summed E-state index contributed by atoms with van der Waals surface area (Å²) >= 11 is 0. The zero-order chi connectivity index (χ0) is 23.2. The minimum absolute atomic E-state index is 0.355. The minimum atomic E-state index is 0.355. The number of hydrogen-bond donors (Lipinski definition) is 1. The summed E-state index contributed by atoms with van der Waals surface area (Å²) < 4.78 is 22.3. The van der Waals surface area contributed by atoms with Gasteiger partial charge in [-0.1, -0.05) is 6.07 Å². The van der Waals surface area contributed by atoms with Crippen molar-refractivity contribution >= 4 is 17.3 Å². The molecule has 2 aliphatic heterocycles. The molecule has 2 fully saturated rings. The van der Waals surface area contributed by atoms with Gasteiger partial charge in [-0.15, -0.1) is 0 Å². The third-order valence-corrected chi connectivity index (χ3v) is 6.33. The number of methoxy groups -OCH3 is 1. The van der Waals surface area contributed by atoms with Crippen LogP contribution in [0.15, 0.2) is 29.4 Å². The fourth-order valence-electron chi connectivity index (χ4n) is 4.38. The number of rotatable bonds is 8. The quantitative estimate of drug-likeness (QED) is 0.582. The molecule has 2 saturated heterocycles. The van der Waals surface area contributed by atoms with Crippen molar-refractivity contribution < 1.29 is 18.9 Å². The average molecular weight is 469 g/mol. The molecule has 1 aliphatic carbocycles. The first-order valence-corrected chi connectivity index (χ1v) is 11.9. The molecular formula is C24H32N6O4. The Morgan fingerprint density at radius 3 is 2.59 bits per heavy atom. The van der Waals surface area contributed by atoms with Crippen molar-refractivity contribution in [2.45, 2.75) is 12.8 Å². The third kappa shape index (κ3) is 5.57. The van der Waals surface area contributed by atoms with Gasteiger partial charge in [-0.05, 0) is 30.5 Å². The molecule has 5 rings (SSSR count). The van der Waals surface area contributed by atoms with Crippen LogP contribution in [0.25, 0.3) is 0 Å². The number of ether oxygens (including phenoxy) is 4. The number of aromatic nitrogens is 2. The molecule has 10 nitrogen and oxygen atoms in total. The normalized spacial score (nSPS) is 19.8. The van der Waals surface area contributed by atoms with Gasteiger partial charge in [0.1, 0.15) is 18.2 Å². The fourth-order valence-corrected chi connectivity index (χ4v) is 4.38. The number of hydrazone groups is 1. The predicted molar refractivity (Wildman–Crippen MR) is 129 cm³/mol. The van der Waals surface area contributed by atoms with Crippen LogP contribution < -0.4 is 19.8 Å². The standard InChI is InChI=1S/C24H32N6O4/c1-31-19-4-2-18-3-5-21(20(18)16-19)27-28-22-17-23(30-9-13-33-14-10-30)26-24(25-22)34-15-8-29-6-11-32-12-7-29/h2,4,16-17H,3,5-15H2,1H3,(H,25,26,28)/b27-21+. The van der Waals surface area contributed by atoms with E-state index in [1.54, 1.807) is 7.11 Å². The van der Waals surface area contributed by atoms with E-state index in [4.69, 9.17) is 24.0 Å². The van der Waals surface area contributed by atoms with Crippen LogP contribution in [-0.4, -0.2) is 93.4 Å². The van der Waals surface area contributed by atoms with Crippen LogP contribution in [0.3, 0.4) is 0 Å². The van der Waals surface area contributed by atoms with Gasteiger partial charge in [0, 0.05) is 44.4 Å². The lowest BCUT2D eigenvalue weighted by atomic mass is 10.1. The van der Waals surface area contributed by atoms with Crippen LogP contribution in [0.4, 0.5) is 11.6 Å². The molecule has 1 aromatic heterocycles. The summed E-state index contributed by atoms with van der Waals surface area (Å²) in [5.41, 5.74) is 6.56. The highest BCUT2D eigenvalue weighted by molar-refractivity contribution is 6.05. The third-order valence-electron chi connectivity index (χ3n) is 6.33. The molecule has 34 heavy (non-hydrogen) atoms. The van der Waals surface area contributed by atoms with Crippen LogP contribution in [0.1, 0.15) is 17.5 Å². The zero-order valence-corrected chi connectivity index (χ0v) is 19.7. The summed E-state index contributed by atoms with van der Waals surface area (Å²) in [6.45, 7) is 7.66. The second kappa shape index (κ2) is 11.0. The Bertz CT molecular complexity index is 1000. The maximum absolute atomic E-state index is 5.97. The summed E-state index contributed by atoms with van der Waals surface area (Å²) in [6.07, 6.45) is 1.85. The van der Waals surface area contributed by atoms with Crippen molar-refractivity contribution in [2.24, 2.45) is 5.10 Å². The van der Waals surface area contributed by atoms with Gasteiger partial charge in [-0.2, -0.15) is 15.1 Å². The minimum Gasteiger partial charge on any atom is -0.497 e. The Kier molecular flexibility index (Phi) is 7.37. The van der Waals surface area contributed by atoms with Gasteiger partial charge in [0.05, 0.1) is 39.2 Å². The Morgan fingerprint density at radius 1 is 1.00 bits per heavy atom. The smallest absolute Gasteiger partial charge is 0.320 e. The molecule has 182 valence electrons. The summed E-state index contributed by atoms with van der Waals surface area (Å²) in [6, 6.07) is 8.43. The highest BCUT2D eigenvalue weighted by Gasteiger charge is 2.20. The van der Waals surface area contributed by atoms with E-state index in [0.717, 1.165) is 81.6 Å². The van der Waals surface area contributed by atoms with Crippen LogP contribution >= 0.6 is 0 Å². The molecule has 3 heterocycles. The van der Waals surface area contributed by atoms with Gasteiger partial charge in [-0.25, -0.2) is 0 Å². The SMILES string of the molecule is COc1ccc2c(c1)/C(=N/Nc1cc(N3CCOCC3)nc(OCCN3CCOCC3)n1)CC2. The number of nitrogens with zero attached hydrogens (tertiary/aromatic N) is 5. The molecule has 10 heteroatoms. The Morgan fingerprint density at radius 2 is 1.79 bits per heavy atom. The van der Waals surface area contributed by atoms with E-state index in [1.165, 1.54) is 5.56 Å². The predicted octanol–water partition coefficient (Wildman–Crippen LogP) is 1.80. The Balaban J connectivity index is 1.31. The lowest BCUT2D eigenvalue weighted by molar-refractivity contribution is 0.0317. The van der Waals surface area contributed by atoms with Gasteiger partial charge in [0.15, 0.2) is 5.82 Å². The second-order valence-corrected chi connectivity index (χ2v) is 8.49. The van der Waals surface area contributed by atoms with Crippen molar-refractivity contribution in [3.05, 3.63) is 35.4 Å². The number of nitrogens with one attached hydrogen (secondary N) is 1. The molecular weight excluding hydrogens is 436 g/mol. The van der Waals surface area contributed by atoms with E-state index in [-0.39, 0.29) is 0 Å². The summed E-state index contributed by atoms with van der Waals surface area (Å²) in [5, 5.41) is 4.69. The zero-order valence-electron chi connectivity index (χ0n) is 19.7. The number of anilines is 2. The van der Waals surface area contributed by atoms with E-state index in [2.05, 4.69) is 31.3 Å². The van der Waals surface area contributed by atoms with Gasteiger partial charge < -0.3 is 23.8 Å². The first kappa shape index (κ1) is 22.8. The van der Waals surface area contributed by atoms with Gasteiger partial charge in [0.2, 0.25) is 0 Å². The van der Waals surface area contributed by atoms with Crippen LogP contribution in [-0.2, 0) is 15.9 Å². The molecule has 0 atom stereocenters. The van der Waals surface area contributed by atoms with E-state index < -0.39 is 0 Å². The molecule has 1 N–H and O–H groups in total. The molecule has 0 unspecified atom stereocenters. The molecule has 0 radical (unpaired) electrons. The van der Waals surface area contributed by atoms with Gasteiger partial charge in [0.25, 0.3) is 0 Å². The number of fused-ring (bicyclic) bond motifs is 1. The second-order valence-electron chi connectivity index (χ2n) is 8.49. The van der Waals surface area contributed by atoms with Crippen LogP contribution in [0.2, 0.25) is 0 Å². The highest BCUT2D eigenvalue weighted by Crippen LogP contribution is 2.27. The fraction of sp³-hybridized carbons (Fsp3) is 0.542. The monoisotopic (exact) mass is 468 g/mol. The summed E-state index contributed by atoms with van der Waals surface area (Å²) in [4.78, 5) is 13.8. The molecule has 0 amide bonds. The number of aryl methyl sites for hydroxylation is 1. The lowest BCUT2D eigenvalue weighted by Gasteiger charge is -2.28. The summed E-state index contributed by atoms with van der Waals surface area (Å²) in [5.74, 6) is 2.26. The molecule has 0 saturated carbocycles. The van der Waals surface area contributed by atoms with E-state index in [0.29, 0.717) is 31.6 Å². The maximum Gasteiger partial charge on any atom is 0.320 e. The van der Waals surface area contributed by atoms with Crippen molar-refractivity contribution in [1.82, 2.24) is 14.9 Å². The number of benzene rings is 1. The largest absolute Gasteiger partial charge is 0.497 e. The lowest BCUT2D eigenvalue weighted by Crippen LogP contribution is -2.39. The first-order chi connectivity index (χ1) is 16.8. The van der Waals surface area contributed by atoms with E-state index in [9.17, 15) is 0 Å². The Labute approximate surface area is 199 Å². The van der Waals surface area contributed by atoms with E-state index in [1.807, 2.05) is 18.2 Å². The molecule has 1 aromatic carbocycles. The topological polar surface area (TPSA) is 93.6 Å². The van der Waals surface area contributed by atoms with Gasteiger partial charge >= 0.3 is 6.01 Å². The van der Waals surface area contributed by atoms with Crippen LogP contribution in [0.5, 0.6) is 11.8 Å². The Hall–Kier alpha value is -2.95. The van der Waals surface area contributed by atoms with Gasteiger partial charge in [-0.3, -0.25) is 10.3 Å². The summed E-state index contributed by atoms with van der Waals surface area (Å²) in [7, 11) is 1.68. The van der Waals surface area contributed by atoms with Crippen molar-refractivity contribution in [1.29, 1.82) is 0 Å². The van der Waals surface area contributed by atoms with Crippen molar-refractivity contribution in [3.8, 4) is 11.8 Å². The van der Waals surface area contributed by atoms with Crippen molar-refractivity contribution in [3.63, 3.8) is 0 Å². The first-order valence-electron chi connectivity index (χ1n) is 11.9. The average Bonchev–Trinajstić information content (AvgIpc) is 3.30. The maximum atomic E-state index is 5.97. The van der Waals surface area contributed by atoms with Crippen LogP contribution in [0, 0.1) is 0 Å².